The van der Waals surface area contributed by atoms with Crippen LogP contribution in [0.4, 0.5) is 0 Å². The summed E-state index contributed by atoms with van der Waals surface area (Å²) in [6, 6.07) is 5.69. The minimum atomic E-state index is -3.79. The molecule has 0 saturated heterocycles. The lowest BCUT2D eigenvalue weighted by Crippen LogP contribution is -2.38. The second-order valence-corrected chi connectivity index (χ2v) is 7.17. The summed E-state index contributed by atoms with van der Waals surface area (Å²) in [6.45, 7) is 4.15. The van der Waals surface area contributed by atoms with E-state index in [-0.39, 0.29) is 28.1 Å². The molecule has 0 saturated carbocycles. The van der Waals surface area contributed by atoms with E-state index in [0.717, 1.165) is 0 Å². The van der Waals surface area contributed by atoms with Gasteiger partial charge in [0.1, 0.15) is 11.0 Å². The highest BCUT2D eigenvalue weighted by molar-refractivity contribution is 7.89. The second-order valence-electron chi connectivity index (χ2n) is 4.99. The Morgan fingerprint density at radius 2 is 2.10 bits per heavy atom. The second kappa shape index (κ2) is 7.04. The normalized spacial score (nSPS) is 13.2. The molecule has 0 fully saturated rings. The molecule has 1 rings (SSSR count). The third-order valence-electron chi connectivity index (χ3n) is 2.66. The van der Waals surface area contributed by atoms with Crippen molar-refractivity contribution in [1.29, 1.82) is 5.26 Å². The molecule has 1 atom stereocenters. The van der Waals surface area contributed by atoms with Crippen LogP contribution in [0.5, 0.6) is 0 Å². The fraction of sp³-hybridized carbons (Fsp3) is 0.462. The maximum Gasteiger partial charge on any atom is 0.241 e. The topological polar surface area (TPSA) is 96.0 Å². The zero-order chi connectivity index (χ0) is 15.3. The molecule has 110 valence electrons. The van der Waals surface area contributed by atoms with Gasteiger partial charge in [-0.1, -0.05) is 25.4 Å². The van der Waals surface area contributed by atoms with Crippen LogP contribution in [0.15, 0.2) is 23.1 Å². The van der Waals surface area contributed by atoms with E-state index in [9.17, 15) is 8.42 Å². The molecule has 0 aromatic heterocycles. The smallest absolute Gasteiger partial charge is 0.241 e. The van der Waals surface area contributed by atoms with Crippen molar-refractivity contribution in [1.82, 2.24) is 4.72 Å². The Bertz CT molecular complexity index is 609. The number of sulfonamides is 1. The predicted octanol–water partition coefficient (Wildman–Crippen LogP) is 1.86. The minimum absolute atomic E-state index is 0.0549. The van der Waals surface area contributed by atoms with Gasteiger partial charge in [-0.2, -0.15) is 5.26 Å². The summed E-state index contributed by atoms with van der Waals surface area (Å²) >= 11 is 5.79. The number of nitrogens with one attached hydrogen (secondary N) is 1. The minimum Gasteiger partial charge on any atom is -0.327 e. The van der Waals surface area contributed by atoms with Crippen molar-refractivity contribution >= 4 is 21.6 Å². The fourth-order valence-corrected chi connectivity index (χ4v) is 3.31. The summed E-state index contributed by atoms with van der Waals surface area (Å²) in [5, 5.41) is 9.22. The van der Waals surface area contributed by atoms with Gasteiger partial charge >= 0.3 is 0 Å². The molecule has 0 radical (unpaired) electrons. The highest BCUT2D eigenvalue weighted by Gasteiger charge is 2.20. The number of hydrogen-bond donors (Lipinski definition) is 2. The zero-order valence-electron chi connectivity index (χ0n) is 11.4. The third kappa shape index (κ3) is 4.76. The highest BCUT2D eigenvalue weighted by atomic mass is 35.5. The van der Waals surface area contributed by atoms with Crippen LogP contribution in [0, 0.1) is 17.2 Å². The van der Waals surface area contributed by atoms with E-state index in [1.54, 1.807) is 0 Å². The van der Waals surface area contributed by atoms with Crippen LogP contribution in [0.25, 0.3) is 0 Å². The van der Waals surface area contributed by atoms with E-state index in [1.165, 1.54) is 18.2 Å². The number of nitrogens with two attached hydrogens (primary N) is 1. The monoisotopic (exact) mass is 315 g/mol. The van der Waals surface area contributed by atoms with Crippen LogP contribution in [0.2, 0.25) is 5.02 Å². The van der Waals surface area contributed by atoms with Gasteiger partial charge in [-0.25, -0.2) is 13.1 Å². The van der Waals surface area contributed by atoms with Crippen LogP contribution in [0.3, 0.4) is 0 Å². The van der Waals surface area contributed by atoms with Crippen molar-refractivity contribution in [3.63, 3.8) is 0 Å². The first kappa shape index (κ1) is 16.9. The molecule has 1 unspecified atom stereocenters. The summed E-state index contributed by atoms with van der Waals surface area (Å²) in [5.74, 6) is 0.385. The average Bonchev–Trinajstić information content (AvgIpc) is 2.36. The Morgan fingerprint density at radius 3 is 2.65 bits per heavy atom. The molecule has 0 aliphatic heterocycles. The number of rotatable bonds is 6. The summed E-state index contributed by atoms with van der Waals surface area (Å²) in [6.07, 6.45) is 0.711. The standard InChI is InChI=1S/C13H18ClN3O2S/c1-9(2)5-12(16)8-17-20(18,19)13-6-11(14)4-3-10(13)7-15/h3-4,6,9,12,17H,5,8,16H2,1-2H3. The van der Waals surface area contributed by atoms with Crippen molar-refractivity contribution in [2.75, 3.05) is 6.54 Å². The van der Waals surface area contributed by atoms with E-state index in [0.29, 0.717) is 12.3 Å². The van der Waals surface area contributed by atoms with Crippen LogP contribution >= 0.6 is 11.6 Å². The molecule has 0 spiro atoms. The molecular formula is C13H18ClN3O2S. The van der Waals surface area contributed by atoms with Crippen molar-refractivity contribution in [2.24, 2.45) is 11.7 Å². The number of nitrogens with zero attached hydrogens (tertiary/aromatic N) is 1. The van der Waals surface area contributed by atoms with Gasteiger partial charge in [0.25, 0.3) is 0 Å². The lowest BCUT2D eigenvalue weighted by atomic mass is 10.1. The SMILES string of the molecule is CC(C)CC(N)CNS(=O)(=O)c1cc(Cl)ccc1C#N. The van der Waals surface area contributed by atoms with Gasteiger partial charge in [0, 0.05) is 17.6 Å². The number of hydrogen-bond acceptors (Lipinski definition) is 4. The molecule has 0 bridgehead atoms. The quantitative estimate of drug-likeness (QED) is 0.837. The molecule has 20 heavy (non-hydrogen) atoms. The van der Waals surface area contributed by atoms with E-state index < -0.39 is 10.0 Å². The highest BCUT2D eigenvalue weighted by Crippen LogP contribution is 2.20. The first-order valence-electron chi connectivity index (χ1n) is 6.21. The molecule has 1 aromatic rings. The van der Waals surface area contributed by atoms with Crippen molar-refractivity contribution < 1.29 is 8.42 Å². The van der Waals surface area contributed by atoms with Gasteiger partial charge in [0.2, 0.25) is 10.0 Å². The van der Waals surface area contributed by atoms with Crippen LogP contribution in [-0.4, -0.2) is 21.0 Å². The summed E-state index contributed by atoms with van der Waals surface area (Å²) in [7, 11) is -3.79. The fourth-order valence-electron chi connectivity index (χ4n) is 1.79. The molecule has 7 heteroatoms. The Hall–Kier alpha value is -1.13. The molecule has 0 heterocycles. The van der Waals surface area contributed by atoms with Crippen molar-refractivity contribution in [3.8, 4) is 6.07 Å². The van der Waals surface area contributed by atoms with Crippen LogP contribution < -0.4 is 10.5 Å². The van der Waals surface area contributed by atoms with Gasteiger partial charge in [-0.3, -0.25) is 0 Å². The number of halogens is 1. The Balaban J connectivity index is 2.90. The zero-order valence-corrected chi connectivity index (χ0v) is 13.0. The molecule has 0 amide bonds. The average molecular weight is 316 g/mol. The Labute approximate surface area is 124 Å². The first-order valence-corrected chi connectivity index (χ1v) is 8.07. The lowest BCUT2D eigenvalue weighted by Gasteiger charge is -2.15. The maximum absolute atomic E-state index is 12.2. The number of nitriles is 1. The van der Waals surface area contributed by atoms with Crippen LogP contribution in [0.1, 0.15) is 25.8 Å². The largest absolute Gasteiger partial charge is 0.327 e. The van der Waals surface area contributed by atoms with E-state index in [2.05, 4.69) is 4.72 Å². The number of benzene rings is 1. The predicted molar refractivity (Wildman–Crippen MR) is 78.8 cm³/mol. The molecule has 1 aromatic carbocycles. The summed E-state index contributed by atoms with van der Waals surface area (Å²) in [5.41, 5.74) is 5.90. The molecule has 3 N–H and O–H groups in total. The van der Waals surface area contributed by atoms with Gasteiger partial charge < -0.3 is 5.73 Å². The maximum atomic E-state index is 12.2. The van der Waals surface area contributed by atoms with Gasteiger partial charge in [-0.05, 0) is 30.5 Å². The van der Waals surface area contributed by atoms with E-state index in [4.69, 9.17) is 22.6 Å². The molecule has 5 nitrogen and oxygen atoms in total. The Kier molecular flexibility index (Phi) is 5.96. The third-order valence-corrected chi connectivity index (χ3v) is 4.36. The van der Waals surface area contributed by atoms with E-state index >= 15 is 0 Å². The van der Waals surface area contributed by atoms with Gasteiger partial charge in [-0.15, -0.1) is 0 Å². The Morgan fingerprint density at radius 1 is 1.45 bits per heavy atom. The van der Waals surface area contributed by atoms with Gasteiger partial charge in [0.05, 0.1) is 5.56 Å². The first-order chi connectivity index (χ1) is 9.26. The molecular weight excluding hydrogens is 298 g/mol. The molecule has 0 aliphatic rings. The van der Waals surface area contributed by atoms with Crippen LogP contribution in [-0.2, 0) is 10.0 Å². The van der Waals surface area contributed by atoms with Gasteiger partial charge in [0.15, 0.2) is 0 Å². The van der Waals surface area contributed by atoms with Crippen molar-refractivity contribution in [3.05, 3.63) is 28.8 Å². The summed E-state index contributed by atoms with van der Waals surface area (Å²) < 4.78 is 26.8. The van der Waals surface area contributed by atoms with Crippen molar-refractivity contribution in [2.45, 2.75) is 31.2 Å². The molecule has 0 aliphatic carbocycles. The van der Waals surface area contributed by atoms with E-state index in [1.807, 2.05) is 19.9 Å². The lowest BCUT2D eigenvalue weighted by molar-refractivity contribution is 0.486. The summed E-state index contributed by atoms with van der Waals surface area (Å²) in [4.78, 5) is -0.121.